The van der Waals surface area contributed by atoms with Gasteiger partial charge in [-0.2, -0.15) is 13.2 Å². The molecule has 0 aliphatic carbocycles. The van der Waals surface area contributed by atoms with Crippen molar-refractivity contribution in [3.63, 3.8) is 0 Å². The molecule has 1 aliphatic rings. The summed E-state index contributed by atoms with van der Waals surface area (Å²) in [6, 6.07) is 6.10. The van der Waals surface area contributed by atoms with E-state index >= 15 is 0 Å². The van der Waals surface area contributed by atoms with Crippen LogP contribution in [0.1, 0.15) is 39.0 Å². The first kappa shape index (κ1) is 21.2. The molecule has 1 unspecified atom stereocenters. The van der Waals surface area contributed by atoms with E-state index in [1.165, 1.54) is 18.3 Å². The zero-order valence-electron chi connectivity index (χ0n) is 16.2. The molecule has 1 atom stereocenters. The van der Waals surface area contributed by atoms with Gasteiger partial charge in [0.15, 0.2) is 6.10 Å². The van der Waals surface area contributed by atoms with Crippen molar-refractivity contribution in [2.24, 2.45) is 0 Å². The lowest BCUT2D eigenvalue weighted by Gasteiger charge is -2.27. The molecular formula is C21H16ClF3N2O4. The number of ether oxygens (including phenoxy) is 1. The largest absolute Gasteiger partial charge is 0.458 e. The summed E-state index contributed by atoms with van der Waals surface area (Å²) in [7, 11) is 0. The van der Waals surface area contributed by atoms with Gasteiger partial charge in [-0.15, -0.1) is 0 Å². The molecule has 1 aromatic carbocycles. The monoisotopic (exact) mass is 452 g/mol. The Hall–Kier alpha value is -3.07. The Morgan fingerprint density at radius 2 is 2.13 bits per heavy atom. The van der Waals surface area contributed by atoms with E-state index in [1.807, 2.05) is 0 Å². The lowest BCUT2D eigenvalue weighted by Crippen LogP contribution is -2.37. The summed E-state index contributed by atoms with van der Waals surface area (Å²) in [5.74, 6) is -1.05. The van der Waals surface area contributed by atoms with E-state index in [0.29, 0.717) is 29.7 Å². The van der Waals surface area contributed by atoms with E-state index in [0.717, 1.165) is 12.5 Å². The van der Waals surface area contributed by atoms with Crippen LogP contribution in [0.5, 0.6) is 0 Å². The van der Waals surface area contributed by atoms with E-state index in [4.69, 9.17) is 16.0 Å². The zero-order chi connectivity index (χ0) is 22.3. The number of carbonyl (C=O) groups excluding carboxylic acids is 2. The van der Waals surface area contributed by atoms with Gasteiger partial charge in [0, 0.05) is 29.3 Å². The predicted molar refractivity (Wildman–Crippen MR) is 105 cm³/mol. The molecule has 1 amide bonds. The summed E-state index contributed by atoms with van der Waals surface area (Å²) in [6.45, 7) is 1.32. The van der Waals surface area contributed by atoms with Crippen LogP contribution < -0.4 is 0 Å². The predicted octanol–water partition coefficient (Wildman–Crippen LogP) is 4.79. The van der Waals surface area contributed by atoms with Crippen LogP contribution >= 0.6 is 11.6 Å². The Kier molecular flexibility index (Phi) is 5.38. The Labute approximate surface area is 179 Å². The standard InChI is InChI=1S/C21H16ClF3N2O4/c1-11(21(23,24)25)30-20(29)16-8-14(22)6-13-7-15(31-18(13)16)10-27-5-3-12-2-4-26-9-17(12)19(27)28/h2,4,6-9,11H,3,5,10H2,1H3. The molecule has 6 nitrogen and oxygen atoms in total. The molecule has 3 heterocycles. The fraction of sp³-hybridized carbons (Fsp3) is 0.286. The summed E-state index contributed by atoms with van der Waals surface area (Å²) in [6.07, 6.45) is -3.18. The third-order valence-electron chi connectivity index (χ3n) is 5.02. The number of halogens is 4. The van der Waals surface area contributed by atoms with Gasteiger partial charge >= 0.3 is 12.1 Å². The first-order valence-corrected chi connectivity index (χ1v) is 9.73. The number of amides is 1. The van der Waals surface area contributed by atoms with Gasteiger partial charge < -0.3 is 14.1 Å². The summed E-state index contributed by atoms with van der Waals surface area (Å²) in [4.78, 5) is 30.6. The van der Waals surface area contributed by atoms with E-state index in [9.17, 15) is 22.8 Å². The van der Waals surface area contributed by atoms with Crippen molar-refractivity contribution in [2.75, 3.05) is 6.54 Å². The first-order chi connectivity index (χ1) is 14.6. The molecule has 0 radical (unpaired) electrons. The normalized spacial score (nSPS) is 15.1. The Bertz CT molecular complexity index is 1180. The number of hydrogen-bond donors (Lipinski definition) is 0. The van der Waals surface area contributed by atoms with Crippen LogP contribution in [0.25, 0.3) is 11.0 Å². The topological polar surface area (TPSA) is 72.6 Å². The number of rotatable bonds is 4. The maximum Gasteiger partial charge on any atom is 0.425 e. The highest BCUT2D eigenvalue weighted by Gasteiger charge is 2.39. The molecule has 0 bridgehead atoms. The SMILES string of the molecule is CC(OC(=O)c1cc(Cl)cc2cc(CN3CCc4ccncc4C3=O)oc12)C(F)(F)F. The number of fused-ring (bicyclic) bond motifs is 2. The number of hydrogen-bond acceptors (Lipinski definition) is 5. The second-order valence-electron chi connectivity index (χ2n) is 7.18. The van der Waals surface area contributed by atoms with Crippen LogP contribution in [0.3, 0.4) is 0 Å². The van der Waals surface area contributed by atoms with Gasteiger partial charge in [0.05, 0.1) is 12.1 Å². The minimum Gasteiger partial charge on any atom is -0.458 e. The Morgan fingerprint density at radius 1 is 1.35 bits per heavy atom. The molecule has 31 heavy (non-hydrogen) atoms. The second kappa shape index (κ2) is 7.88. The van der Waals surface area contributed by atoms with Gasteiger partial charge in [0.2, 0.25) is 0 Å². The molecule has 0 saturated carbocycles. The molecule has 4 rings (SSSR count). The molecule has 0 N–H and O–H groups in total. The van der Waals surface area contributed by atoms with Gasteiger partial charge in [0.1, 0.15) is 16.9 Å². The highest BCUT2D eigenvalue weighted by molar-refractivity contribution is 6.32. The summed E-state index contributed by atoms with van der Waals surface area (Å²) in [5.41, 5.74) is 1.25. The lowest BCUT2D eigenvalue weighted by atomic mass is 10.0. The Morgan fingerprint density at radius 3 is 2.87 bits per heavy atom. The van der Waals surface area contributed by atoms with Crippen molar-refractivity contribution in [1.29, 1.82) is 0 Å². The van der Waals surface area contributed by atoms with Crippen molar-refractivity contribution < 1.29 is 31.9 Å². The van der Waals surface area contributed by atoms with Crippen LogP contribution in [0, 0.1) is 0 Å². The van der Waals surface area contributed by atoms with E-state index in [2.05, 4.69) is 9.72 Å². The maximum atomic E-state index is 12.8. The van der Waals surface area contributed by atoms with E-state index < -0.39 is 18.2 Å². The van der Waals surface area contributed by atoms with Gasteiger partial charge in [0.25, 0.3) is 5.91 Å². The summed E-state index contributed by atoms with van der Waals surface area (Å²) < 4.78 is 48.5. The average Bonchev–Trinajstić information content (AvgIpc) is 3.11. The van der Waals surface area contributed by atoms with Gasteiger partial charge in [-0.25, -0.2) is 4.79 Å². The van der Waals surface area contributed by atoms with E-state index in [1.54, 1.807) is 23.2 Å². The minimum absolute atomic E-state index is 0.0466. The fourth-order valence-electron chi connectivity index (χ4n) is 3.39. The molecule has 0 saturated heterocycles. The first-order valence-electron chi connectivity index (χ1n) is 9.35. The molecule has 162 valence electrons. The molecule has 1 aliphatic heterocycles. The molecular weight excluding hydrogens is 437 g/mol. The highest BCUT2D eigenvalue weighted by atomic mass is 35.5. The van der Waals surface area contributed by atoms with Crippen LogP contribution in [-0.2, 0) is 17.7 Å². The van der Waals surface area contributed by atoms with Crippen molar-refractivity contribution >= 4 is 34.4 Å². The number of aromatic nitrogens is 1. The molecule has 10 heteroatoms. The molecule has 0 spiro atoms. The number of carbonyl (C=O) groups is 2. The lowest BCUT2D eigenvalue weighted by molar-refractivity contribution is -0.198. The van der Waals surface area contributed by atoms with Crippen molar-refractivity contribution in [3.05, 3.63) is 64.1 Å². The third kappa shape index (κ3) is 4.23. The quantitative estimate of drug-likeness (QED) is 0.532. The summed E-state index contributed by atoms with van der Waals surface area (Å²) in [5, 5.41) is 0.557. The minimum atomic E-state index is -4.69. The second-order valence-corrected chi connectivity index (χ2v) is 7.62. The smallest absolute Gasteiger partial charge is 0.425 e. The number of furan rings is 1. The van der Waals surface area contributed by atoms with Crippen LogP contribution in [0.4, 0.5) is 13.2 Å². The van der Waals surface area contributed by atoms with Crippen LogP contribution in [-0.4, -0.2) is 40.6 Å². The Balaban J connectivity index is 1.61. The van der Waals surface area contributed by atoms with Gasteiger partial charge in [-0.3, -0.25) is 9.78 Å². The number of nitrogens with zero attached hydrogens (tertiary/aromatic N) is 2. The maximum absolute atomic E-state index is 12.8. The van der Waals surface area contributed by atoms with Crippen molar-refractivity contribution in [1.82, 2.24) is 9.88 Å². The average molecular weight is 453 g/mol. The van der Waals surface area contributed by atoms with Crippen molar-refractivity contribution in [2.45, 2.75) is 32.2 Å². The number of esters is 1. The van der Waals surface area contributed by atoms with Crippen LogP contribution in [0.2, 0.25) is 5.02 Å². The number of benzene rings is 1. The molecule has 2 aromatic heterocycles. The number of pyridine rings is 1. The van der Waals surface area contributed by atoms with Crippen molar-refractivity contribution in [3.8, 4) is 0 Å². The van der Waals surface area contributed by atoms with Gasteiger partial charge in [-0.1, -0.05) is 11.6 Å². The van der Waals surface area contributed by atoms with E-state index in [-0.39, 0.29) is 28.6 Å². The molecule has 0 fully saturated rings. The number of alkyl halides is 3. The summed E-state index contributed by atoms with van der Waals surface area (Å²) >= 11 is 6.03. The van der Waals surface area contributed by atoms with Crippen LogP contribution in [0.15, 0.2) is 41.1 Å². The molecule has 3 aromatic rings. The van der Waals surface area contributed by atoms with Gasteiger partial charge in [-0.05, 0) is 43.2 Å². The highest BCUT2D eigenvalue weighted by Crippen LogP contribution is 2.31. The fourth-order valence-corrected chi connectivity index (χ4v) is 3.62. The third-order valence-corrected chi connectivity index (χ3v) is 5.24. The zero-order valence-corrected chi connectivity index (χ0v) is 17.0.